The number of benzene rings is 1. The van der Waals surface area contributed by atoms with Gasteiger partial charge in [-0.2, -0.15) is 0 Å². The molecule has 3 rings (SSSR count). The molecule has 0 spiro atoms. The molecule has 124 valence electrons. The number of hydrogen-bond acceptors (Lipinski definition) is 4. The highest BCUT2D eigenvalue weighted by Crippen LogP contribution is 2.43. The number of aliphatic hydroxyl groups excluding tert-OH is 1. The van der Waals surface area contributed by atoms with E-state index in [4.69, 9.17) is 4.74 Å². The summed E-state index contributed by atoms with van der Waals surface area (Å²) in [6.45, 7) is 0.439. The first-order chi connectivity index (χ1) is 11.1. The van der Waals surface area contributed by atoms with E-state index in [0.717, 1.165) is 10.0 Å². The standard InChI is InChI=1S/C16H19BrN2O4/c1-23-9-15(22)18-6-12-16(10-2-4-11(17)5-3-10)13(8-20)19(12)14(21)7-18/h2-5,12-13,16,20H,6-9H2,1H3/t12-,13+,16-/m0/s1. The molecule has 2 aliphatic heterocycles. The number of halogens is 1. The van der Waals surface area contributed by atoms with Gasteiger partial charge < -0.3 is 19.6 Å². The van der Waals surface area contributed by atoms with Crippen LogP contribution in [0.15, 0.2) is 28.7 Å². The van der Waals surface area contributed by atoms with E-state index in [1.54, 1.807) is 9.80 Å². The van der Waals surface area contributed by atoms with E-state index < -0.39 is 0 Å². The summed E-state index contributed by atoms with van der Waals surface area (Å²) in [7, 11) is 1.46. The van der Waals surface area contributed by atoms with E-state index in [2.05, 4.69) is 15.9 Å². The van der Waals surface area contributed by atoms with Crippen molar-refractivity contribution in [3.63, 3.8) is 0 Å². The lowest BCUT2D eigenvalue weighted by Crippen LogP contribution is -2.73. The average molecular weight is 383 g/mol. The molecule has 0 radical (unpaired) electrons. The van der Waals surface area contributed by atoms with E-state index in [1.807, 2.05) is 24.3 Å². The maximum absolute atomic E-state index is 12.3. The Kier molecular flexibility index (Phi) is 4.70. The van der Waals surface area contributed by atoms with E-state index in [1.165, 1.54) is 7.11 Å². The molecule has 1 aromatic carbocycles. The van der Waals surface area contributed by atoms with Crippen LogP contribution in [0.25, 0.3) is 0 Å². The van der Waals surface area contributed by atoms with Crippen molar-refractivity contribution in [3.05, 3.63) is 34.3 Å². The third-order valence-electron chi connectivity index (χ3n) is 4.63. The number of fused-ring (bicyclic) bond motifs is 1. The third-order valence-corrected chi connectivity index (χ3v) is 5.16. The average Bonchev–Trinajstić information content (AvgIpc) is 2.51. The molecule has 1 N–H and O–H groups in total. The second-order valence-corrected chi connectivity index (χ2v) is 6.82. The summed E-state index contributed by atoms with van der Waals surface area (Å²) in [6, 6.07) is 7.59. The molecule has 2 saturated heterocycles. The highest BCUT2D eigenvalue weighted by molar-refractivity contribution is 9.10. The number of amides is 2. The van der Waals surface area contributed by atoms with Gasteiger partial charge in [0, 0.05) is 24.0 Å². The molecule has 0 saturated carbocycles. The lowest BCUT2D eigenvalue weighted by atomic mass is 9.74. The number of nitrogens with zero attached hydrogens (tertiary/aromatic N) is 2. The van der Waals surface area contributed by atoms with E-state index in [9.17, 15) is 14.7 Å². The van der Waals surface area contributed by atoms with Gasteiger partial charge in [0.2, 0.25) is 11.8 Å². The quantitative estimate of drug-likeness (QED) is 0.827. The summed E-state index contributed by atoms with van der Waals surface area (Å²) >= 11 is 3.41. The Balaban J connectivity index is 1.82. The van der Waals surface area contributed by atoms with Gasteiger partial charge in [-0.05, 0) is 17.7 Å². The molecule has 0 unspecified atom stereocenters. The van der Waals surface area contributed by atoms with Crippen molar-refractivity contribution in [1.82, 2.24) is 9.80 Å². The molecule has 2 fully saturated rings. The van der Waals surface area contributed by atoms with Gasteiger partial charge in [0.15, 0.2) is 0 Å². The minimum Gasteiger partial charge on any atom is -0.394 e. The number of ether oxygens (including phenoxy) is 1. The molecule has 2 amide bonds. The smallest absolute Gasteiger partial charge is 0.249 e. The lowest BCUT2D eigenvalue weighted by molar-refractivity contribution is -0.168. The van der Waals surface area contributed by atoms with Crippen molar-refractivity contribution in [2.75, 3.05) is 33.4 Å². The first kappa shape index (κ1) is 16.4. The molecule has 7 heteroatoms. The van der Waals surface area contributed by atoms with Crippen LogP contribution in [0.2, 0.25) is 0 Å². The topological polar surface area (TPSA) is 70.1 Å². The summed E-state index contributed by atoms with van der Waals surface area (Å²) in [5.74, 6) is -0.254. The predicted molar refractivity (Wildman–Crippen MR) is 86.8 cm³/mol. The zero-order valence-corrected chi connectivity index (χ0v) is 14.4. The predicted octanol–water partition coefficient (Wildman–Crippen LogP) is 0.593. The number of piperazine rings is 1. The number of carbonyl (C=O) groups excluding carboxylic acids is 2. The van der Waals surface area contributed by atoms with E-state index in [-0.39, 0.29) is 49.6 Å². The molecule has 2 aliphatic rings. The van der Waals surface area contributed by atoms with Crippen molar-refractivity contribution in [2.45, 2.75) is 18.0 Å². The Morgan fingerprint density at radius 3 is 2.70 bits per heavy atom. The fourth-order valence-corrected chi connectivity index (χ4v) is 3.85. The molecule has 1 aromatic rings. The van der Waals surface area contributed by atoms with Crippen LogP contribution in [-0.2, 0) is 14.3 Å². The highest BCUT2D eigenvalue weighted by Gasteiger charge is 2.54. The Hall–Kier alpha value is -1.44. The van der Waals surface area contributed by atoms with Crippen LogP contribution < -0.4 is 0 Å². The zero-order chi connectivity index (χ0) is 16.6. The maximum atomic E-state index is 12.3. The van der Waals surface area contributed by atoms with Crippen LogP contribution in [0, 0.1) is 0 Å². The van der Waals surface area contributed by atoms with Gasteiger partial charge in [0.1, 0.15) is 6.61 Å². The van der Waals surface area contributed by atoms with Crippen LogP contribution in [0.1, 0.15) is 11.5 Å². The van der Waals surface area contributed by atoms with Gasteiger partial charge in [-0.25, -0.2) is 0 Å². The van der Waals surface area contributed by atoms with Crippen molar-refractivity contribution < 1.29 is 19.4 Å². The molecule has 23 heavy (non-hydrogen) atoms. The van der Waals surface area contributed by atoms with Gasteiger partial charge >= 0.3 is 0 Å². The number of carbonyl (C=O) groups is 2. The summed E-state index contributed by atoms with van der Waals surface area (Å²) < 4.78 is 5.86. The summed E-state index contributed by atoms with van der Waals surface area (Å²) in [5, 5.41) is 9.68. The summed E-state index contributed by atoms with van der Waals surface area (Å²) in [5.41, 5.74) is 1.07. The molecule has 0 bridgehead atoms. The van der Waals surface area contributed by atoms with Crippen molar-refractivity contribution in [1.29, 1.82) is 0 Å². The highest BCUT2D eigenvalue weighted by atomic mass is 79.9. The second-order valence-electron chi connectivity index (χ2n) is 5.90. The Morgan fingerprint density at radius 2 is 2.09 bits per heavy atom. The van der Waals surface area contributed by atoms with Crippen LogP contribution in [0.4, 0.5) is 0 Å². The SMILES string of the molecule is COCC(=O)N1CC(=O)N2[C@H](CO)[C@@H](c3ccc(Br)cc3)[C@@H]2C1. The van der Waals surface area contributed by atoms with Crippen molar-refractivity contribution in [3.8, 4) is 0 Å². The van der Waals surface area contributed by atoms with Crippen molar-refractivity contribution in [2.24, 2.45) is 0 Å². The third kappa shape index (κ3) is 2.88. The fourth-order valence-electron chi connectivity index (χ4n) is 3.59. The van der Waals surface area contributed by atoms with E-state index >= 15 is 0 Å². The van der Waals surface area contributed by atoms with E-state index in [0.29, 0.717) is 6.54 Å². The Labute approximate surface area is 143 Å². The van der Waals surface area contributed by atoms with Gasteiger partial charge in [-0.15, -0.1) is 0 Å². The maximum Gasteiger partial charge on any atom is 0.249 e. The molecular weight excluding hydrogens is 364 g/mol. The zero-order valence-electron chi connectivity index (χ0n) is 12.8. The molecule has 2 heterocycles. The summed E-state index contributed by atoms with van der Waals surface area (Å²) in [6.07, 6.45) is 0. The first-order valence-corrected chi connectivity index (χ1v) is 8.30. The van der Waals surface area contributed by atoms with Gasteiger partial charge in [0.05, 0.1) is 25.2 Å². The van der Waals surface area contributed by atoms with Gasteiger partial charge in [-0.3, -0.25) is 9.59 Å². The van der Waals surface area contributed by atoms with Crippen LogP contribution in [-0.4, -0.2) is 72.2 Å². The number of hydrogen-bond donors (Lipinski definition) is 1. The second kappa shape index (κ2) is 6.59. The Morgan fingerprint density at radius 1 is 1.39 bits per heavy atom. The number of aliphatic hydroxyl groups is 1. The number of methoxy groups -OCH3 is 1. The Bertz CT molecular complexity index is 607. The van der Waals surface area contributed by atoms with Crippen molar-refractivity contribution >= 4 is 27.7 Å². The molecular formula is C16H19BrN2O4. The van der Waals surface area contributed by atoms with Crippen LogP contribution in [0.5, 0.6) is 0 Å². The largest absolute Gasteiger partial charge is 0.394 e. The fraction of sp³-hybridized carbons (Fsp3) is 0.500. The normalized spacial score (nSPS) is 26.7. The monoisotopic (exact) mass is 382 g/mol. The lowest BCUT2D eigenvalue weighted by Gasteiger charge is -2.58. The molecule has 0 aromatic heterocycles. The minimum atomic E-state index is -0.214. The van der Waals surface area contributed by atoms with Gasteiger partial charge in [0.25, 0.3) is 0 Å². The minimum absolute atomic E-state index is 0.0214. The molecule has 3 atom stereocenters. The first-order valence-electron chi connectivity index (χ1n) is 7.51. The van der Waals surface area contributed by atoms with Gasteiger partial charge in [-0.1, -0.05) is 28.1 Å². The van der Waals surface area contributed by atoms with Crippen LogP contribution >= 0.6 is 15.9 Å². The molecule has 6 nitrogen and oxygen atoms in total. The summed E-state index contributed by atoms with van der Waals surface area (Å²) in [4.78, 5) is 27.7. The molecule has 0 aliphatic carbocycles. The van der Waals surface area contributed by atoms with Crippen LogP contribution in [0.3, 0.4) is 0 Å². The number of rotatable bonds is 4.